The lowest BCUT2D eigenvalue weighted by Crippen LogP contribution is -2.20. The molecule has 0 atom stereocenters. The minimum Gasteiger partial charge on any atom is -0.325 e. The van der Waals surface area contributed by atoms with E-state index in [1.54, 1.807) is 30.5 Å². The zero-order valence-corrected chi connectivity index (χ0v) is 16.5. The molecule has 0 bridgehead atoms. The molecule has 0 aromatic heterocycles. The maximum absolute atomic E-state index is 11.9. The van der Waals surface area contributed by atoms with Crippen molar-refractivity contribution in [2.75, 3.05) is 5.32 Å². The quantitative estimate of drug-likeness (QED) is 0.567. The smallest absolute Gasteiger partial charge is 0.240 e. The molecule has 0 unspecified atom stereocenters. The minimum absolute atomic E-state index is 0.0383. The summed E-state index contributed by atoms with van der Waals surface area (Å²) >= 11 is 5.98. The Morgan fingerprint density at radius 3 is 2.26 bits per heavy atom. The second kappa shape index (κ2) is 9.33. The summed E-state index contributed by atoms with van der Waals surface area (Å²) in [5, 5.41) is 7.06. The zero-order chi connectivity index (χ0) is 19.9. The lowest BCUT2D eigenvalue weighted by Gasteiger charge is -2.18. The van der Waals surface area contributed by atoms with Crippen LogP contribution in [0.3, 0.4) is 0 Å². The summed E-state index contributed by atoms with van der Waals surface area (Å²) in [6, 6.07) is 14.9. The molecule has 2 amide bonds. The number of nitrogens with one attached hydrogen (secondary N) is 2. The molecule has 0 aliphatic heterocycles. The van der Waals surface area contributed by atoms with Gasteiger partial charge in [0.25, 0.3) is 0 Å². The number of nitrogens with zero attached hydrogens (tertiary/aromatic N) is 1. The molecule has 2 aromatic rings. The normalized spacial score (nSPS) is 11.4. The van der Waals surface area contributed by atoms with Crippen molar-refractivity contribution in [1.29, 1.82) is 0 Å². The molecule has 0 aliphatic carbocycles. The molecule has 0 fully saturated rings. The number of rotatable bonds is 6. The van der Waals surface area contributed by atoms with Crippen LogP contribution in [0.15, 0.2) is 53.6 Å². The van der Waals surface area contributed by atoms with Crippen molar-refractivity contribution in [2.24, 2.45) is 5.10 Å². The molecule has 0 aliphatic rings. The van der Waals surface area contributed by atoms with E-state index in [1.165, 1.54) is 5.56 Å². The van der Waals surface area contributed by atoms with Crippen LogP contribution in [0, 0.1) is 0 Å². The number of hydrazone groups is 1. The van der Waals surface area contributed by atoms with E-state index in [0.717, 1.165) is 5.56 Å². The van der Waals surface area contributed by atoms with Crippen LogP contribution >= 0.6 is 11.6 Å². The van der Waals surface area contributed by atoms with Crippen LogP contribution in [0.1, 0.15) is 44.7 Å². The summed E-state index contributed by atoms with van der Waals surface area (Å²) in [6.45, 7) is 6.45. The van der Waals surface area contributed by atoms with Crippen molar-refractivity contribution in [3.05, 3.63) is 64.7 Å². The first-order valence-corrected chi connectivity index (χ1v) is 9.10. The number of amides is 2. The van der Waals surface area contributed by atoms with E-state index in [4.69, 9.17) is 11.6 Å². The van der Waals surface area contributed by atoms with E-state index in [1.807, 2.05) is 24.3 Å². The van der Waals surface area contributed by atoms with E-state index in [-0.39, 0.29) is 30.1 Å². The van der Waals surface area contributed by atoms with Crippen molar-refractivity contribution in [3.8, 4) is 0 Å². The maximum atomic E-state index is 11.9. The van der Waals surface area contributed by atoms with Gasteiger partial charge in [-0.3, -0.25) is 9.59 Å². The first kappa shape index (κ1) is 20.6. The number of para-hydroxylation sites is 1. The molecule has 27 heavy (non-hydrogen) atoms. The summed E-state index contributed by atoms with van der Waals surface area (Å²) < 4.78 is 0. The molecule has 2 rings (SSSR count). The summed E-state index contributed by atoms with van der Waals surface area (Å²) in [5.41, 5.74) is 5.17. The summed E-state index contributed by atoms with van der Waals surface area (Å²) in [7, 11) is 0. The zero-order valence-electron chi connectivity index (χ0n) is 15.8. The van der Waals surface area contributed by atoms with E-state index in [2.05, 4.69) is 36.6 Å². The predicted molar refractivity (Wildman–Crippen MR) is 110 cm³/mol. The Kier molecular flexibility index (Phi) is 7.13. The maximum Gasteiger partial charge on any atom is 0.240 e. The number of carbonyl (C=O) groups excluding carboxylic acids is 2. The molecule has 2 N–H and O–H groups in total. The molecular weight excluding hydrogens is 362 g/mol. The fourth-order valence-corrected chi connectivity index (χ4v) is 2.49. The molecule has 0 spiro atoms. The standard InChI is InChI=1S/C21H24ClN3O2/c1-21(2,3)16-10-8-15(9-11-16)14-23-25-20(27)13-12-19(26)24-18-7-5-4-6-17(18)22/h4-11,14H,12-13H2,1-3H3,(H,24,26)(H,25,27). The Morgan fingerprint density at radius 2 is 1.63 bits per heavy atom. The number of halogens is 1. The molecule has 2 aromatic carbocycles. The van der Waals surface area contributed by atoms with Crippen LogP contribution in [-0.2, 0) is 15.0 Å². The second-order valence-corrected chi connectivity index (χ2v) is 7.60. The predicted octanol–water partition coefficient (Wildman–Crippen LogP) is 4.51. The van der Waals surface area contributed by atoms with Gasteiger partial charge < -0.3 is 5.32 Å². The van der Waals surface area contributed by atoms with Gasteiger partial charge in [0.05, 0.1) is 16.9 Å². The van der Waals surface area contributed by atoms with Gasteiger partial charge >= 0.3 is 0 Å². The highest BCUT2D eigenvalue weighted by Gasteiger charge is 2.12. The van der Waals surface area contributed by atoms with Crippen LogP contribution in [0.4, 0.5) is 5.69 Å². The van der Waals surface area contributed by atoms with Gasteiger partial charge in [0.2, 0.25) is 11.8 Å². The highest BCUT2D eigenvalue weighted by Crippen LogP contribution is 2.22. The molecule has 5 nitrogen and oxygen atoms in total. The number of carbonyl (C=O) groups is 2. The monoisotopic (exact) mass is 385 g/mol. The van der Waals surface area contributed by atoms with Crippen molar-refractivity contribution < 1.29 is 9.59 Å². The minimum atomic E-state index is -0.327. The third kappa shape index (κ3) is 6.87. The first-order chi connectivity index (χ1) is 12.8. The Labute approximate surface area is 164 Å². The Balaban J connectivity index is 1.76. The molecule has 0 saturated heterocycles. The molecule has 0 saturated carbocycles. The summed E-state index contributed by atoms with van der Waals surface area (Å²) in [5.74, 6) is -0.605. The Morgan fingerprint density at radius 1 is 1.00 bits per heavy atom. The van der Waals surface area contributed by atoms with Crippen molar-refractivity contribution >= 4 is 35.3 Å². The van der Waals surface area contributed by atoms with Crippen LogP contribution < -0.4 is 10.7 Å². The number of anilines is 1. The second-order valence-electron chi connectivity index (χ2n) is 7.19. The SMILES string of the molecule is CC(C)(C)c1ccc(C=NNC(=O)CCC(=O)Nc2ccccc2Cl)cc1. The third-order valence-corrected chi connectivity index (χ3v) is 4.24. The largest absolute Gasteiger partial charge is 0.325 e. The van der Waals surface area contributed by atoms with Crippen molar-refractivity contribution in [3.63, 3.8) is 0 Å². The van der Waals surface area contributed by atoms with Gasteiger partial charge in [-0.1, -0.05) is 68.8 Å². The molecule has 0 radical (unpaired) electrons. The van der Waals surface area contributed by atoms with Gasteiger partial charge in [0, 0.05) is 12.8 Å². The van der Waals surface area contributed by atoms with E-state index < -0.39 is 0 Å². The highest BCUT2D eigenvalue weighted by atomic mass is 35.5. The van der Waals surface area contributed by atoms with Gasteiger partial charge in [-0.25, -0.2) is 5.43 Å². The molecule has 142 valence electrons. The van der Waals surface area contributed by atoms with Crippen LogP contribution in [0.25, 0.3) is 0 Å². The number of benzene rings is 2. The molecule has 0 heterocycles. The molecule has 6 heteroatoms. The van der Waals surface area contributed by atoms with Crippen molar-refractivity contribution in [2.45, 2.75) is 39.0 Å². The summed E-state index contributed by atoms with van der Waals surface area (Å²) in [4.78, 5) is 23.7. The highest BCUT2D eigenvalue weighted by molar-refractivity contribution is 6.33. The Hall–Kier alpha value is -2.66. The van der Waals surface area contributed by atoms with Gasteiger partial charge in [0.15, 0.2) is 0 Å². The lowest BCUT2D eigenvalue weighted by molar-refractivity contribution is -0.124. The average molecular weight is 386 g/mol. The number of hydrogen-bond donors (Lipinski definition) is 2. The lowest BCUT2D eigenvalue weighted by atomic mass is 9.87. The van der Waals surface area contributed by atoms with E-state index in [9.17, 15) is 9.59 Å². The topological polar surface area (TPSA) is 70.6 Å². The average Bonchev–Trinajstić information content (AvgIpc) is 2.62. The fraction of sp³-hybridized carbons (Fsp3) is 0.286. The molecular formula is C21H24ClN3O2. The van der Waals surface area contributed by atoms with Gasteiger partial charge in [-0.15, -0.1) is 0 Å². The first-order valence-electron chi connectivity index (χ1n) is 8.72. The Bertz CT molecular complexity index is 824. The van der Waals surface area contributed by atoms with Gasteiger partial charge in [-0.05, 0) is 28.7 Å². The van der Waals surface area contributed by atoms with Gasteiger partial charge in [-0.2, -0.15) is 5.10 Å². The van der Waals surface area contributed by atoms with E-state index in [0.29, 0.717) is 10.7 Å². The van der Waals surface area contributed by atoms with Crippen LogP contribution in [0.5, 0.6) is 0 Å². The van der Waals surface area contributed by atoms with Gasteiger partial charge in [0.1, 0.15) is 0 Å². The summed E-state index contributed by atoms with van der Waals surface area (Å²) in [6.07, 6.45) is 1.66. The van der Waals surface area contributed by atoms with E-state index >= 15 is 0 Å². The fourth-order valence-electron chi connectivity index (χ4n) is 2.31. The van der Waals surface area contributed by atoms with Crippen LogP contribution in [-0.4, -0.2) is 18.0 Å². The van der Waals surface area contributed by atoms with Crippen LogP contribution in [0.2, 0.25) is 5.02 Å². The number of hydrogen-bond acceptors (Lipinski definition) is 3. The van der Waals surface area contributed by atoms with Crippen molar-refractivity contribution in [1.82, 2.24) is 5.43 Å². The third-order valence-electron chi connectivity index (χ3n) is 3.91.